The van der Waals surface area contributed by atoms with E-state index >= 15 is 0 Å². The van der Waals surface area contributed by atoms with Crippen LogP contribution in [0.25, 0.3) is 33.5 Å². The highest BCUT2D eigenvalue weighted by Crippen LogP contribution is 2.42. The summed E-state index contributed by atoms with van der Waals surface area (Å²) in [6.07, 6.45) is -0.326. The second kappa shape index (κ2) is 7.77. The first kappa shape index (κ1) is 20.4. The number of amidine groups is 1. The van der Waals surface area contributed by atoms with E-state index in [1.54, 1.807) is 18.2 Å². The van der Waals surface area contributed by atoms with Gasteiger partial charge in [0.15, 0.2) is 0 Å². The largest absolute Gasteiger partial charge is 0.507 e. The summed E-state index contributed by atoms with van der Waals surface area (Å²) < 4.78 is 0. The van der Waals surface area contributed by atoms with E-state index in [2.05, 4.69) is 9.97 Å². The number of aliphatic carboxylic acids is 1. The van der Waals surface area contributed by atoms with Crippen LogP contribution in [0.15, 0.2) is 48.5 Å². The van der Waals surface area contributed by atoms with Gasteiger partial charge in [0, 0.05) is 16.7 Å². The van der Waals surface area contributed by atoms with E-state index in [9.17, 15) is 25.4 Å². The van der Waals surface area contributed by atoms with Gasteiger partial charge in [0.05, 0.1) is 34.7 Å². The third kappa shape index (κ3) is 3.68. The summed E-state index contributed by atoms with van der Waals surface area (Å²) in [5, 5.41) is 47.5. The smallest absolute Gasteiger partial charge is 0.307 e. The molecule has 0 saturated carbocycles. The molecule has 0 fully saturated rings. The number of carboxylic acids is 1. The monoisotopic (exact) mass is 427 g/mol. The first-order valence-corrected chi connectivity index (χ1v) is 9.42. The molecule has 0 unspecified atom stereocenters. The molecule has 4 aromatic rings. The Morgan fingerprint density at radius 3 is 2.53 bits per heavy atom. The fraction of sp³-hybridized carbons (Fsp3) is 0.0435. The van der Waals surface area contributed by atoms with Crippen LogP contribution in [0.1, 0.15) is 16.7 Å². The van der Waals surface area contributed by atoms with E-state index in [1.165, 1.54) is 30.3 Å². The number of H-pyrrole nitrogens is 1. The highest BCUT2D eigenvalue weighted by Gasteiger charge is 2.20. The molecule has 0 aliphatic carbocycles. The van der Waals surface area contributed by atoms with Gasteiger partial charge in [-0.1, -0.05) is 0 Å². The second-order valence-electron chi connectivity index (χ2n) is 7.18. The molecule has 9 heteroatoms. The molecule has 0 aliphatic heterocycles. The standard InChI is InChI=1S/C23H17N5O4/c24-10-11-1-4-19(29)14(5-11)15-6-12(8-20(30)31)7-16(21(15)32)23-27-17-3-2-13(22(25)26)9-18(17)28-23/h1-7,9,29,32H,8H2,(H3,25,26)(H,27,28)(H,30,31). The van der Waals surface area contributed by atoms with Crippen molar-refractivity contribution < 1.29 is 20.1 Å². The van der Waals surface area contributed by atoms with Gasteiger partial charge in [-0.05, 0) is 54.1 Å². The van der Waals surface area contributed by atoms with Crippen LogP contribution in [0.4, 0.5) is 0 Å². The van der Waals surface area contributed by atoms with E-state index in [1.807, 2.05) is 6.07 Å². The summed E-state index contributed by atoms with van der Waals surface area (Å²) >= 11 is 0. The number of nitrogens with one attached hydrogen (secondary N) is 2. The number of carbonyl (C=O) groups is 1. The molecule has 0 bridgehead atoms. The normalized spacial score (nSPS) is 10.7. The molecule has 7 N–H and O–H groups in total. The van der Waals surface area contributed by atoms with Crippen molar-refractivity contribution in [3.8, 4) is 40.1 Å². The first-order valence-electron chi connectivity index (χ1n) is 9.42. The zero-order chi connectivity index (χ0) is 23.0. The maximum absolute atomic E-state index is 11.3. The Morgan fingerprint density at radius 1 is 1.09 bits per heavy atom. The molecule has 0 radical (unpaired) electrons. The van der Waals surface area contributed by atoms with E-state index in [4.69, 9.17) is 11.1 Å². The number of aromatic amines is 1. The maximum atomic E-state index is 11.3. The SMILES string of the molecule is N#Cc1ccc(O)c(-c2cc(CC(=O)O)cc(-c3nc4ccc(C(=N)N)cc4[nH]3)c2O)c1. The number of benzene rings is 3. The van der Waals surface area contributed by atoms with Crippen molar-refractivity contribution in [2.45, 2.75) is 6.42 Å². The van der Waals surface area contributed by atoms with Crippen LogP contribution in [0.2, 0.25) is 0 Å². The zero-order valence-electron chi connectivity index (χ0n) is 16.5. The molecular formula is C23H17N5O4. The summed E-state index contributed by atoms with van der Waals surface area (Å²) in [5.41, 5.74) is 8.38. The van der Waals surface area contributed by atoms with E-state index in [0.717, 1.165) is 0 Å². The highest BCUT2D eigenvalue weighted by atomic mass is 16.4. The molecule has 1 heterocycles. The molecular weight excluding hydrogens is 410 g/mol. The Labute approximate surface area is 181 Å². The average Bonchev–Trinajstić information content (AvgIpc) is 3.18. The fourth-order valence-electron chi connectivity index (χ4n) is 3.48. The van der Waals surface area contributed by atoms with Gasteiger partial charge in [0.2, 0.25) is 0 Å². The predicted octanol–water partition coefficient (Wildman–Crippen LogP) is 3.09. The van der Waals surface area contributed by atoms with Crippen molar-refractivity contribution in [2.75, 3.05) is 0 Å². The van der Waals surface area contributed by atoms with Gasteiger partial charge < -0.3 is 26.0 Å². The molecule has 0 aliphatic rings. The number of phenols is 2. The molecule has 0 saturated heterocycles. The van der Waals surface area contributed by atoms with Crippen LogP contribution >= 0.6 is 0 Å². The number of hydrogen-bond acceptors (Lipinski definition) is 6. The van der Waals surface area contributed by atoms with Crippen molar-refractivity contribution in [2.24, 2.45) is 5.73 Å². The number of rotatable bonds is 5. The maximum Gasteiger partial charge on any atom is 0.307 e. The minimum absolute atomic E-state index is 0.107. The molecule has 32 heavy (non-hydrogen) atoms. The molecule has 9 nitrogen and oxygen atoms in total. The van der Waals surface area contributed by atoms with Crippen molar-refractivity contribution in [1.82, 2.24) is 9.97 Å². The summed E-state index contributed by atoms with van der Waals surface area (Å²) in [6.45, 7) is 0. The lowest BCUT2D eigenvalue weighted by Gasteiger charge is -2.13. The number of nitrogens with zero attached hydrogens (tertiary/aromatic N) is 2. The lowest BCUT2D eigenvalue weighted by molar-refractivity contribution is -0.136. The first-order chi connectivity index (χ1) is 15.3. The molecule has 3 aromatic carbocycles. The van der Waals surface area contributed by atoms with Crippen LogP contribution in [-0.2, 0) is 11.2 Å². The van der Waals surface area contributed by atoms with Gasteiger partial charge in [-0.2, -0.15) is 5.26 Å². The van der Waals surface area contributed by atoms with Gasteiger partial charge in [0.25, 0.3) is 0 Å². The minimum atomic E-state index is -1.07. The third-order valence-corrected chi connectivity index (χ3v) is 4.99. The number of nitrogen functional groups attached to an aromatic ring is 1. The van der Waals surface area contributed by atoms with Gasteiger partial charge in [-0.3, -0.25) is 10.2 Å². The highest BCUT2D eigenvalue weighted by molar-refractivity contribution is 5.98. The van der Waals surface area contributed by atoms with Crippen molar-refractivity contribution in [3.05, 3.63) is 65.2 Å². The number of nitrogens with two attached hydrogens (primary N) is 1. The molecule has 4 rings (SSSR count). The molecule has 0 spiro atoms. The van der Waals surface area contributed by atoms with Crippen LogP contribution < -0.4 is 5.73 Å². The van der Waals surface area contributed by atoms with Gasteiger partial charge >= 0.3 is 5.97 Å². The Kier molecular flexibility index (Phi) is 4.96. The zero-order valence-corrected chi connectivity index (χ0v) is 16.5. The van der Waals surface area contributed by atoms with Crippen molar-refractivity contribution in [1.29, 1.82) is 10.7 Å². The summed E-state index contributed by atoms with van der Waals surface area (Å²) in [5.74, 6) is -1.32. The van der Waals surface area contributed by atoms with Crippen LogP contribution in [0.5, 0.6) is 11.5 Å². The number of imidazole rings is 1. The van der Waals surface area contributed by atoms with E-state index in [-0.39, 0.29) is 51.8 Å². The Morgan fingerprint density at radius 2 is 1.84 bits per heavy atom. The van der Waals surface area contributed by atoms with E-state index < -0.39 is 5.97 Å². The number of nitriles is 1. The summed E-state index contributed by atoms with van der Waals surface area (Å²) in [7, 11) is 0. The Balaban J connectivity index is 1.95. The minimum Gasteiger partial charge on any atom is -0.507 e. The fourth-order valence-corrected chi connectivity index (χ4v) is 3.48. The number of fused-ring (bicyclic) bond motifs is 1. The molecule has 0 atom stereocenters. The van der Waals surface area contributed by atoms with Crippen LogP contribution in [0, 0.1) is 16.7 Å². The van der Waals surface area contributed by atoms with Crippen molar-refractivity contribution >= 4 is 22.8 Å². The summed E-state index contributed by atoms with van der Waals surface area (Å²) in [4.78, 5) is 18.9. The quantitative estimate of drug-likeness (QED) is 0.209. The third-order valence-electron chi connectivity index (χ3n) is 4.99. The van der Waals surface area contributed by atoms with Gasteiger partial charge in [-0.15, -0.1) is 0 Å². The number of carboxylic acid groups (broad SMARTS) is 1. The van der Waals surface area contributed by atoms with Gasteiger partial charge in [-0.25, -0.2) is 4.98 Å². The molecule has 158 valence electrons. The predicted molar refractivity (Wildman–Crippen MR) is 117 cm³/mol. The average molecular weight is 427 g/mol. The lowest BCUT2D eigenvalue weighted by atomic mass is 9.95. The topological polar surface area (TPSA) is 180 Å². The Bertz CT molecular complexity index is 1450. The number of hydrogen-bond donors (Lipinski definition) is 6. The van der Waals surface area contributed by atoms with Crippen molar-refractivity contribution in [3.63, 3.8) is 0 Å². The molecule has 1 aromatic heterocycles. The number of aromatic nitrogens is 2. The Hall–Kier alpha value is -4.84. The molecule has 0 amide bonds. The van der Waals surface area contributed by atoms with Crippen LogP contribution in [-0.4, -0.2) is 37.1 Å². The number of phenolic OH excluding ortho intramolecular Hbond substituents is 2. The second-order valence-corrected chi connectivity index (χ2v) is 7.18. The summed E-state index contributed by atoms with van der Waals surface area (Å²) in [6, 6.07) is 14.1. The number of aromatic hydroxyl groups is 2. The van der Waals surface area contributed by atoms with Gasteiger partial charge in [0.1, 0.15) is 23.2 Å². The van der Waals surface area contributed by atoms with E-state index in [0.29, 0.717) is 22.2 Å². The lowest BCUT2D eigenvalue weighted by Crippen LogP contribution is -2.10. The van der Waals surface area contributed by atoms with Crippen LogP contribution in [0.3, 0.4) is 0 Å².